The number of hydrogen-bond donors (Lipinski definition) is 0. The van der Waals surface area contributed by atoms with E-state index in [-0.39, 0.29) is 30.8 Å². The number of ether oxygens (including phenoxy) is 1. The summed E-state index contributed by atoms with van der Waals surface area (Å²) in [6.45, 7) is 3.05. The zero-order valence-corrected chi connectivity index (χ0v) is 12.2. The van der Waals surface area contributed by atoms with Crippen LogP contribution in [0.4, 0.5) is 18.0 Å². The summed E-state index contributed by atoms with van der Waals surface area (Å²) in [6.07, 6.45) is -3.83. The quantitative estimate of drug-likeness (QED) is 0.777. The standard InChI is InChI=1S/C14H21F3N2O2/c1-2-21-13(20)19-8-5-11(6-9-19)12(10-18)4-3-7-14(15,16)17/h11-12H,2-9H2,1H3. The summed E-state index contributed by atoms with van der Waals surface area (Å²) in [5, 5.41) is 9.13. The van der Waals surface area contributed by atoms with Gasteiger partial charge in [0, 0.05) is 25.4 Å². The number of nitriles is 1. The molecule has 1 amide bonds. The molecule has 1 fully saturated rings. The number of rotatable bonds is 5. The first kappa shape index (κ1) is 17.6. The van der Waals surface area contributed by atoms with Crippen LogP contribution < -0.4 is 0 Å². The van der Waals surface area contributed by atoms with Gasteiger partial charge in [-0.15, -0.1) is 0 Å². The first-order valence-electron chi connectivity index (χ1n) is 7.25. The van der Waals surface area contributed by atoms with E-state index in [2.05, 4.69) is 6.07 Å². The van der Waals surface area contributed by atoms with E-state index >= 15 is 0 Å². The van der Waals surface area contributed by atoms with Gasteiger partial charge in [-0.3, -0.25) is 0 Å². The van der Waals surface area contributed by atoms with Crippen molar-refractivity contribution in [2.75, 3.05) is 19.7 Å². The van der Waals surface area contributed by atoms with Crippen LogP contribution in [-0.4, -0.2) is 36.9 Å². The van der Waals surface area contributed by atoms with Crippen molar-refractivity contribution in [2.45, 2.75) is 45.2 Å². The molecule has 1 unspecified atom stereocenters. The summed E-state index contributed by atoms with van der Waals surface area (Å²) in [5.41, 5.74) is 0. The Morgan fingerprint density at radius 1 is 1.43 bits per heavy atom. The summed E-state index contributed by atoms with van der Waals surface area (Å²) < 4.78 is 41.3. The monoisotopic (exact) mass is 306 g/mol. The second-order valence-corrected chi connectivity index (χ2v) is 5.27. The van der Waals surface area contributed by atoms with Crippen LogP contribution in [0, 0.1) is 23.2 Å². The minimum Gasteiger partial charge on any atom is -0.450 e. The molecule has 1 heterocycles. The molecule has 1 rings (SSSR count). The topological polar surface area (TPSA) is 53.3 Å². The van der Waals surface area contributed by atoms with E-state index < -0.39 is 12.6 Å². The highest BCUT2D eigenvalue weighted by molar-refractivity contribution is 5.67. The highest BCUT2D eigenvalue weighted by Crippen LogP contribution is 2.30. The van der Waals surface area contributed by atoms with Crippen LogP contribution in [0.25, 0.3) is 0 Å². The van der Waals surface area contributed by atoms with E-state index in [1.807, 2.05) is 0 Å². The van der Waals surface area contributed by atoms with Gasteiger partial charge in [0.15, 0.2) is 0 Å². The molecule has 0 aromatic heterocycles. The smallest absolute Gasteiger partial charge is 0.409 e. The van der Waals surface area contributed by atoms with Gasteiger partial charge in [-0.2, -0.15) is 18.4 Å². The average molecular weight is 306 g/mol. The predicted molar refractivity (Wildman–Crippen MR) is 70.3 cm³/mol. The van der Waals surface area contributed by atoms with Gasteiger partial charge in [0.25, 0.3) is 0 Å². The molecule has 1 aliphatic rings. The van der Waals surface area contributed by atoms with Gasteiger partial charge in [-0.25, -0.2) is 4.79 Å². The lowest BCUT2D eigenvalue weighted by atomic mass is 9.82. The van der Waals surface area contributed by atoms with Gasteiger partial charge in [0.1, 0.15) is 0 Å². The third-order valence-electron chi connectivity index (χ3n) is 3.78. The molecule has 1 atom stereocenters. The number of amides is 1. The summed E-state index contributed by atoms with van der Waals surface area (Å²) in [4.78, 5) is 13.1. The highest BCUT2D eigenvalue weighted by Gasteiger charge is 2.31. The fraction of sp³-hybridized carbons (Fsp3) is 0.857. The fourth-order valence-electron chi connectivity index (χ4n) is 2.63. The first-order chi connectivity index (χ1) is 9.87. The maximum absolute atomic E-state index is 12.1. The van der Waals surface area contributed by atoms with Crippen molar-refractivity contribution in [3.8, 4) is 6.07 Å². The largest absolute Gasteiger partial charge is 0.450 e. The number of piperidine rings is 1. The number of carbonyl (C=O) groups excluding carboxylic acids is 1. The maximum atomic E-state index is 12.1. The van der Waals surface area contributed by atoms with E-state index in [0.717, 1.165) is 0 Å². The number of carbonyl (C=O) groups is 1. The molecule has 0 aromatic rings. The second kappa shape index (κ2) is 8.11. The summed E-state index contributed by atoms with van der Waals surface area (Å²) >= 11 is 0. The number of hydrogen-bond acceptors (Lipinski definition) is 3. The molecule has 0 aliphatic carbocycles. The van der Waals surface area contributed by atoms with E-state index in [1.54, 1.807) is 11.8 Å². The molecule has 0 saturated carbocycles. The Morgan fingerprint density at radius 3 is 2.52 bits per heavy atom. The molecule has 1 saturated heterocycles. The van der Waals surface area contributed by atoms with Crippen LogP contribution in [-0.2, 0) is 4.74 Å². The molecule has 21 heavy (non-hydrogen) atoms. The maximum Gasteiger partial charge on any atom is 0.409 e. The summed E-state index contributed by atoms with van der Waals surface area (Å²) in [6, 6.07) is 2.13. The van der Waals surface area contributed by atoms with Crippen LogP contribution in [0.1, 0.15) is 39.0 Å². The molecule has 1 aliphatic heterocycles. The zero-order chi connectivity index (χ0) is 15.9. The van der Waals surface area contributed by atoms with E-state index in [9.17, 15) is 18.0 Å². The van der Waals surface area contributed by atoms with Gasteiger partial charge in [-0.1, -0.05) is 0 Å². The molecule has 4 nitrogen and oxygen atoms in total. The Bertz CT molecular complexity index is 371. The number of alkyl halides is 3. The number of likely N-dealkylation sites (tertiary alicyclic amines) is 1. The van der Waals surface area contributed by atoms with Crippen molar-refractivity contribution in [1.29, 1.82) is 5.26 Å². The van der Waals surface area contributed by atoms with Crippen molar-refractivity contribution in [2.24, 2.45) is 11.8 Å². The van der Waals surface area contributed by atoms with Crippen LogP contribution >= 0.6 is 0 Å². The molecular formula is C14H21F3N2O2. The van der Waals surface area contributed by atoms with Crippen LogP contribution in [0.3, 0.4) is 0 Å². The molecule has 0 N–H and O–H groups in total. The van der Waals surface area contributed by atoms with Crippen LogP contribution in [0.5, 0.6) is 0 Å². The van der Waals surface area contributed by atoms with E-state index in [1.165, 1.54) is 0 Å². The molecule has 0 radical (unpaired) electrons. The molecule has 0 aromatic carbocycles. The molecule has 0 spiro atoms. The Labute approximate surface area is 122 Å². The van der Waals surface area contributed by atoms with Crippen molar-refractivity contribution in [3.05, 3.63) is 0 Å². The van der Waals surface area contributed by atoms with Gasteiger partial charge in [0.2, 0.25) is 0 Å². The number of halogens is 3. The Kier molecular flexibility index (Phi) is 6.79. The lowest BCUT2D eigenvalue weighted by molar-refractivity contribution is -0.136. The van der Waals surface area contributed by atoms with E-state index in [4.69, 9.17) is 10.00 Å². The first-order valence-corrected chi connectivity index (χ1v) is 7.25. The predicted octanol–water partition coefficient (Wildman–Crippen LogP) is 3.73. The summed E-state index contributed by atoms with van der Waals surface area (Å²) in [5.74, 6) is -0.300. The van der Waals surface area contributed by atoms with Crippen molar-refractivity contribution in [3.63, 3.8) is 0 Å². The Hall–Kier alpha value is -1.45. The zero-order valence-electron chi connectivity index (χ0n) is 12.2. The average Bonchev–Trinajstić information content (AvgIpc) is 2.43. The van der Waals surface area contributed by atoms with Gasteiger partial charge >= 0.3 is 12.3 Å². The minimum atomic E-state index is -4.16. The van der Waals surface area contributed by atoms with Gasteiger partial charge in [-0.05, 0) is 38.5 Å². The third-order valence-corrected chi connectivity index (χ3v) is 3.78. The van der Waals surface area contributed by atoms with Crippen molar-refractivity contribution < 1.29 is 22.7 Å². The Morgan fingerprint density at radius 2 is 2.05 bits per heavy atom. The lowest BCUT2D eigenvalue weighted by Gasteiger charge is -2.33. The molecule has 120 valence electrons. The minimum absolute atomic E-state index is 0.0141. The number of nitrogens with zero attached hydrogens (tertiary/aromatic N) is 2. The van der Waals surface area contributed by atoms with Gasteiger partial charge in [0.05, 0.1) is 12.7 Å². The van der Waals surface area contributed by atoms with Crippen LogP contribution in [0.2, 0.25) is 0 Å². The highest BCUT2D eigenvalue weighted by atomic mass is 19.4. The van der Waals surface area contributed by atoms with Crippen molar-refractivity contribution in [1.82, 2.24) is 4.90 Å². The second-order valence-electron chi connectivity index (χ2n) is 5.27. The Balaban J connectivity index is 2.37. The SMILES string of the molecule is CCOC(=O)N1CCC(C(C#N)CCCC(F)(F)F)CC1. The lowest BCUT2D eigenvalue weighted by Crippen LogP contribution is -2.40. The molecule has 0 bridgehead atoms. The fourth-order valence-corrected chi connectivity index (χ4v) is 2.63. The van der Waals surface area contributed by atoms with E-state index in [0.29, 0.717) is 32.5 Å². The van der Waals surface area contributed by atoms with Crippen molar-refractivity contribution >= 4 is 6.09 Å². The van der Waals surface area contributed by atoms with Crippen LogP contribution in [0.15, 0.2) is 0 Å². The normalized spacial score (nSPS) is 18.1. The third kappa shape index (κ3) is 6.23. The van der Waals surface area contributed by atoms with Gasteiger partial charge < -0.3 is 9.64 Å². The molecular weight excluding hydrogens is 285 g/mol. The summed E-state index contributed by atoms with van der Waals surface area (Å²) in [7, 11) is 0. The molecule has 7 heteroatoms.